The van der Waals surface area contributed by atoms with Crippen LogP contribution < -0.4 is 5.32 Å². The molecule has 114 valence electrons. The van der Waals surface area contributed by atoms with Gasteiger partial charge in [-0.15, -0.1) is 0 Å². The second-order valence-electron chi connectivity index (χ2n) is 6.19. The first-order valence-corrected chi connectivity index (χ1v) is 7.06. The molecule has 5 heteroatoms. The van der Waals surface area contributed by atoms with Crippen LogP contribution in [-0.2, 0) is 16.6 Å². The van der Waals surface area contributed by atoms with Crippen LogP contribution in [-0.4, -0.2) is 10.9 Å². The van der Waals surface area contributed by atoms with Gasteiger partial charge in [-0.05, 0) is 31.2 Å². The molecule has 2 rings (SSSR count). The molecule has 0 saturated heterocycles. The van der Waals surface area contributed by atoms with Gasteiger partial charge in [0.15, 0.2) is 5.89 Å². The third-order valence-corrected chi connectivity index (χ3v) is 3.15. The zero-order chi connectivity index (χ0) is 16.3. The number of hydrogen-bond acceptors (Lipinski definition) is 4. The molecular formula is C17H19N3O2. The van der Waals surface area contributed by atoms with Crippen molar-refractivity contribution in [3.05, 3.63) is 47.2 Å². The summed E-state index contributed by atoms with van der Waals surface area (Å²) in [4.78, 5) is 16.5. The third kappa shape index (κ3) is 3.73. The van der Waals surface area contributed by atoms with E-state index in [0.29, 0.717) is 22.9 Å². The van der Waals surface area contributed by atoms with E-state index in [9.17, 15) is 4.79 Å². The van der Waals surface area contributed by atoms with Crippen molar-refractivity contribution in [1.29, 1.82) is 5.26 Å². The number of nitrogens with one attached hydrogen (secondary N) is 1. The van der Waals surface area contributed by atoms with E-state index >= 15 is 0 Å². The number of hydrogen-bond donors (Lipinski definition) is 1. The number of benzene rings is 1. The van der Waals surface area contributed by atoms with Crippen LogP contribution in [0.4, 0.5) is 5.69 Å². The molecule has 1 amide bonds. The number of aryl methyl sites for hydroxylation is 1. The molecule has 2 aromatic rings. The molecule has 0 unspecified atom stereocenters. The predicted molar refractivity (Wildman–Crippen MR) is 83.4 cm³/mol. The highest BCUT2D eigenvalue weighted by Gasteiger charge is 2.23. The summed E-state index contributed by atoms with van der Waals surface area (Å²) in [6.45, 7) is 7.87. The van der Waals surface area contributed by atoms with Gasteiger partial charge in [0.25, 0.3) is 0 Å². The van der Waals surface area contributed by atoms with Crippen LogP contribution in [0.1, 0.15) is 43.7 Å². The van der Waals surface area contributed by atoms with Gasteiger partial charge in [0.1, 0.15) is 5.76 Å². The maximum absolute atomic E-state index is 12.1. The SMILES string of the molecule is Cc1nc(C(C)(C)C)oc1CC(=O)Nc1ccc(C#N)cc1. The van der Waals surface area contributed by atoms with Gasteiger partial charge >= 0.3 is 0 Å². The van der Waals surface area contributed by atoms with Crippen molar-refractivity contribution in [2.45, 2.75) is 39.5 Å². The van der Waals surface area contributed by atoms with Gasteiger partial charge in [0.05, 0.1) is 23.7 Å². The summed E-state index contributed by atoms with van der Waals surface area (Å²) >= 11 is 0. The van der Waals surface area contributed by atoms with Crippen LogP contribution in [0.25, 0.3) is 0 Å². The minimum atomic E-state index is -0.188. The monoisotopic (exact) mass is 297 g/mol. The lowest BCUT2D eigenvalue weighted by molar-refractivity contribution is -0.115. The lowest BCUT2D eigenvalue weighted by Gasteiger charge is -2.12. The lowest BCUT2D eigenvalue weighted by Crippen LogP contribution is -2.14. The van der Waals surface area contributed by atoms with Crippen molar-refractivity contribution in [1.82, 2.24) is 4.98 Å². The molecule has 0 saturated carbocycles. The Balaban J connectivity index is 2.06. The van der Waals surface area contributed by atoms with Gasteiger partial charge in [-0.25, -0.2) is 4.98 Å². The third-order valence-electron chi connectivity index (χ3n) is 3.15. The number of anilines is 1. The number of carbonyl (C=O) groups is 1. The summed E-state index contributed by atoms with van der Waals surface area (Å²) in [5, 5.41) is 11.5. The lowest BCUT2D eigenvalue weighted by atomic mass is 9.97. The molecule has 0 aliphatic rings. The van der Waals surface area contributed by atoms with Crippen LogP contribution in [0.5, 0.6) is 0 Å². The van der Waals surface area contributed by atoms with Gasteiger partial charge in [0.2, 0.25) is 5.91 Å². The molecule has 0 aliphatic carbocycles. The van der Waals surface area contributed by atoms with Gasteiger partial charge in [-0.2, -0.15) is 5.26 Å². The number of carbonyl (C=O) groups excluding carboxylic acids is 1. The minimum absolute atomic E-state index is 0.134. The smallest absolute Gasteiger partial charge is 0.232 e. The second kappa shape index (κ2) is 6.02. The molecule has 0 spiro atoms. The number of nitrogens with zero attached hydrogens (tertiary/aromatic N) is 2. The van der Waals surface area contributed by atoms with Crippen molar-refractivity contribution >= 4 is 11.6 Å². The quantitative estimate of drug-likeness (QED) is 0.942. The van der Waals surface area contributed by atoms with E-state index in [2.05, 4.69) is 10.3 Å². The molecule has 0 atom stereocenters. The van der Waals surface area contributed by atoms with Crippen LogP contribution in [0.2, 0.25) is 0 Å². The molecule has 1 heterocycles. The van der Waals surface area contributed by atoms with Gasteiger partial charge in [0, 0.05) is 11.1 Å². The van der Waals surface area contributed by atoms with Gasteiger partial charge in [-0.3, -0.25) is 4.79 Å². The first-order chi connectivity index (χ1) is 10.3. The number of oxazole rings is 1. The minimum Gasteiger partial charge on any atom is -0.444 e. The number of nitriles is 1. The van der Waals surface area contributed by atoms with E-state index in [1.165, 1.54) is 0 Å². The van der Waals surface area contributed by atoms with E-state index < -0.39 is 0 Å². The van der Waals surface area contributed by atoms with E-state index in [1.807, 2.05) is 33.8 Å². The summed E-state index contributed by atoms with van der Waals surface area (Å²) in [5.74, 6) is 1.03. The molecule has 1 aromatic carbocycles. The van der Waals surface area contributed by atoms with Crippen molar-refractivity contribution in [3.63, 3.8) is 0 Å². The molecule has 0 aliphatic heterocycles. The number of aromatic nitrogens is 1. The van der Waals surface area contributed by atoms with Crippen molar-refractivity contribution < 1.29 is 9.21 Å². The van der Waals surface area contributed by atoms with Gasteiger partial charge < -0.3 is 9.73 Å². The fraction of sp³-hybridized carbons (Fsp3) is 0.353. The fourth-order valence-electron chi connectivity index (χ4n) is 1.89. The Morgan fingerprint density at radius 3 is 2.45 bits per heavy atom. The van der Waals surface area contributed by atoms with E-state index in [0.717, 1.165) is 5.69 Å². The van der Waals surface area contributed by atoms with Crippen LogP contribution in [0.3, 0.4) is 0 Å². The summed E-state index contributed by atoms with van der Waals surface area (Å²) in [6.07, 6.45) is 0.134. The van der Waals surface area contributed by atoms with Gasteiger partial charge in [-0.1, -0.05) is 20.8 Å². The Hall–Kier alpha value is -2.61. The highest BCUT2D eigenvalue weighted by Crippen LogP contribution is 2.24. The molecular weight excluding hydrogens is 278 g/mol. The predicted octanol–water partition coefficient (Wildman–Crippen LogP) is 3.33. The molecule has 1 aromatic heterocycles. The van der Waals surface area contributed by atoms with Crippen molar-refractivity contribution in [2.75, 3.05) is 5.32 Å². The van der Waals surface area contributed by atoms with Crippen LogP contribution >= 0.6 is 0 Å². The number of amides is 1. The normalized spacial score (nSPS) is 11.0. The molecule has 0 fully saturated rings. The summed E-state index contributed by atoms with van der Waals surface area (Å²) in [5.41, 5.74) is 1.75. The van der Waals surface area contributed by atoms with Crippen LogP contribution in [0.15, 0.2) is 28.7 Å². The van der Waals surface area contributed by atoms with E-state index in [4.69, 9.17) is 9.68 Å². The topological polar surface area (TPSA) is 78.9 Å². The summed E-state index contributed by atoms with van der Waals surface area (Å²) in [7, 11) is 0. The maximum Gasteiger partial charge on any atom is 0.232 e. The average Bonchev–Trinajstić information content (AvgIpc) is 2.81. The van der Waals surface area contributed by atoms with E-state index in [-0.39, 0.29) is 17.7 Å². The Bertz CT molecular complexity index is 716. The highest BCUT2D eigenvalue weighted by molar-refractivity contribution is 5.92. The summed E-state index contributed by atoms with van der Waals surface area (Å²) < 4.78 is 5.71. The van der Waals surface area contributed by atoms with Crippen LogP contribution in [0, 0.1) is 18.3 Å². The Morgan fingerprint density at radius 2 is 1.95 bits per heavy atom. The maximum atomic E-state index is 12.1. The fourth-order valence-corrected chi connectivity index (χ4v) is 1.89. The molecule has 0 radical (unpaired) electrons. The highest BCUT2D eigenvalue weighted by atomic mass is 16.4. The largest absolute Gasteiger partial charge is 0.444 e. The summed E-state index contributed by atoms with van der Waals surface area (Å²) in [6, 6.07) is 8.75. The molecule has 22 heavy (non-hydrogen) atoms. The Morgan fingerprint density at radius 1 is 1.32 bits per heavy atom. The zero-order valence-electron chi connectivity index (χ0n) is 13.2. The molecule has 5 nitrogen and oxygen atoms in total. The second-order valence-corrected chi connectivity index (χ2v) is 6.19. The van der Waals surface area contributed by atoms with Crippen molar-refractivity contribution in [2.24, 2.45) is 0 Å². The Labute approximate surface area is 130 Å². The standard InChI is InChI=1S/C17H19N3O2/c1-11-14(22-16(19-11)17(2,3)4)9-15(21)20-13-7-5-12(10-18)6-8-13/h5-8H,9H2,1-4H3,(H,20,21). The number of rotatable bonds is 3. The molecule has 1 N–H and O–H groups in total. The van der Waals surface area contributed by atoms with Crippen molar-refractivity contribution in [3.8, 4) is 6.07 Å². The average molecular weight is 297 g/mol. The molecule has 0 bridgehead atoms. The zero-order valence-corrected chi connectivity index (χ0v) is 13.2. The first kappa shape index (κ1) is 15.8. The Kier molecular flexibility index (Phi) is 4.32. The van der Waals surface area contributed by atoms with E-state index in [1.54, 1.807) is 24.3 Å². The first-order valence-electron chi connectivity index (χ1n) is 7.06.